The van der Waals surface area contributed by atoms with Crippen LogP contribution >= 0.6 is 0 Å². The van der Waals surface area contributed by atoms with Gasteiger partial charge in [0.15, 0.2) is 0 Å². The second-order valence-corrected chi connectivity index (χ2v) is 10.8. The Balaban J connectivity index is 1.50. The Labute approximate surface area is 251 Å². The molecule has 2 aromatic heterocycles. The minimum absolute atomic E-state index is 0.0335. The van der Waals surface area contributed by atoms with Gasteiger partial charge >= 0.3 is 11.9 Å². The van der Waals surface area contributed by atoms with Gasteiger partial charge in [-0.15, -0.1) is 0 Å². The zero-order chi connectivity index (χ0) is 29.9. The molecule has 0 saturated carbocycles. The number of para-hydroxylation sites is 4. The third kappa shape index (κ3) is 3.75. The van der Waals surface area contributed by atoms with Gasteiger partial charge in [-0.2, -0.15) is 0 Å². The van der Waals surface area contributed by atoms with Gasteiger partial charge in [0.1, 0.15) is 0 Å². The van der Waals surface area contributed by atoms with Gasteiger partial charge in [0.2, 0.25) is 0 Å². The minimum Gasteiger partial charge on any atom is -0.478 e. The van der Waals surface area contributed by atoms with Crippen LogP contribution in [-0.2, 0) is 0 Å². The minimum atomic E-state index is -1.13. The molecule has 44 heavy (non-hydrogen) atoms. The van der Waals surface area contributed by atoms with Crippen molar-refractivity contribution in [1.82, 2.24) is 9.13 Å². The first-order chi connectivity index (χ1) is 21.5. The normalized spacial score (nSPS) is 11.5. The molecular formula is C38H24N2O4. The van der Waals surface area contributed by atoms with Gasteiger partial charge in [0.25, 0.3) is 0 Å². The lowest BCUT2D eigenvalue weighted by Gasteiger charge is -2.14. The van der Waals surface area contributed by atoms with Crippen LogP contribution in [0.2, 0.25) is 0 Å². The van der Waals surface area contributed by atoms with E-state index >= 15 is 0 Å². The number of carboxylic acids is 2. The number of hydrogen-bond acceptors (Lipinski definition) is 2. The number of nitrogens with zero attached hydrogens (tertiary/aromatic N) is 2. The van der Waals surface area contributed by atoms with Crippen molar-refractivity contribution in [1.29, 1.82) is 0 Å². The quantitative estimate of drug-likeness (QED) is 0.216. The van der Waals surface area contributed by atoms with E-state index in [0.29, 0.717) is 11.1 Å². The Hall–Kier alpha value is -6.14. The average molecular weight is 573 g/mol. The number of rotatable bonds is 5. The van der Waals surface area contributed by atoms with Crippen LogP contribution in [0.5, 0.6) is 0 Å². The summed E-state index contributed by atoms with van der Waals surface area (Å²) in [5.74, 6) is -2.26. The van der Waals surface area contributed by atoms with Crippen LogP contribution in [0.15, 0.2) is 133 Å². The maximum Gasteiger partial charge on any atom is 0.336 e. The molecule has 210 valence electrons. The molecule has 6 aromatic carbocycles. The smallest absolute Gasteiger partial charge is 0.336 e. The highest BCUT2D eigenvalue weighted by molar-refractivity contribution is 6.17. The fraction of sp³-hybridized carbons (Fsp3) is 0. The van der Waals surface area contributed by atoms with E-state index in [1.54, 1.807) is 12.1 Å². The first-order valence-corrected chi connectivity index (χ1v) is 14.2. The zero-order valence-electron chi connectivity index (χ0n) is 23.3. The summed E-state index contributed by atoms with van der Waals surface area (Å²) in [6, 6.07) is 42.5. The number of hydrogen-bond donors (Lipinski definition) is 2. The van der Waals surface area contributed by atoms with Crippen LogP contribution in [0.25, 0.3) is 66.1 Å². The van der Waals surface area contributed by atoms with Crippen molar-refractivity contribution in [3.63, 3.8) is 0 Å². The number of fused-ring (bicyclic) bond motifs is 6. The van der Waals surface area contributed by atoms with Crippen molar-refractivity contribution in [2.75, 3.05) is 0 Å². The van der Waals surface area contributed by atoms with Gasteiger partial charge in [-0.3, -0.25) is 0 Å². The lowest BCUT2D eigenvalue weighted by atomic mass is 9.92. The van der Waals surface area contributed by atoms with Gasteiger partial charge in [-0.05, 0) is 71.8 Å². The highest BCUT2D eigenvalue weighted by Gasteiger charge is 2.24. The molecule has 0 amide bonds. The molecule has 0 saturated heterocycles. The maximum atomic E-state index is 12.9. The molecule has 0 atom stereocenters. The van der Waals surface area contributed by atoms with Crippen LogP contribution in [0.4, 0.5) is 0 Å². The number of carbonyl (C=O) groups is 2. The van der Waals surface area contributed by atoms with Crippen LogP contribution < -0.4 is 0 Å². The number of aromatic carboxylic acids is 2. The van der Waals surface area contributed by atoms with Crippen molar-refractivity contribution < 1.29 is 19.8 Å². The molecule has 6 heteroatoms. The SMILES string of the molecule is O=C(O)c1cc2c(cc1-c1cc3c4ccccc4n(-c4ccccc4)c3cc1C(=O)O)c1ccccc1n2-c1ccccc1. The van der Waals surface area contributed by atoms with Crippen LogP contribution in [-0.4, -0.2) is 31.3 Å². The molecule has 0 aliphatic carbocycles. The molecule has 0 fully saturated rings. The maximum absolute atomic E-state index is 12.9. The fourth-order valence-electron chi connectivity index (χ4n) is 6.54. The molecule has 2 heterocycles. The molecule has 8 rings (SSSR count). The Bertz CT molecular complexity index is 2260. The van der Waals surface area contributed by atoms with Gasteiger partial charge in [-0.25, -0.2) is 9.59 Å². The lowest BCUT2D eigenvalue weighted by molar-refractivity contribution is 0.0684. The predicted molar refractivity (Wildman–Crippen MR) is 174 cm³/mol. The van der Waals surface area contributed by atoms with Crippen molar-refractivity contribution in [3.8, 4) is 22.5 Å². The third-order valence-corrected chi connectivity index (χ3v) is 8.40. The highest BCUT2D eigenvalue weighted by atomic mass is 16.4. The van der Waals surface area contributed by atoms with Gasteiger partial charge in [0, 0.05) is 32.9 Å². The zero-order valence-corrected chi connectivity index (χ0v) is 23.3. The van der Waals surface area contributed by atoms with Crippen LogP contribution in [0, 0.1) is 0 Å². The number of benzene rings is 6. The molecule has 8 aromatic rings. The predicted octanol–water partition coefficient (Wildman–Crippen LogP) is 8.94. The van der Waals surface area contributed by atoms with E-state index in [-0.39, 0.29) is 11.1 Å². The Morgan fingerprint density at radius 2 is 0.773 bits per heavy atom. The van der Waals surface area contributed by atoms with E-state index in [1.807, 2.05) is 121 Å². The van der Waals surface area contributed by atoms with Crippen LogP contribution in [0.1, 0.15) is 20.7 Å². The molecule has 0 bridgehead atoms. The Morgan fingerprint density at radius 1 is 0.409 bits per heavy atom. The standard InChI is InChI=1S/C38H24N2O4/c41-37(42)31-21-35-29(25-15-7-9-17-33(25)39(35)23-11-3-1-4-12-23)19-27(31)28-20-30-26-16-8-10-18-34(26)40(24-13-5-2-6-14-24)36(30)22-32(28)38(43)44/h1-22H,(H,41,42)(H,43,44). The van der Waals surface area contributed by atoms with Crippen molar-refractivity contribution >= 4 is 55.6 Å². The summed E-state index contributed by atoms with van der Waals surface area (Å²) in [5.41, 5.74) is 5.93. The second kappa shape index (κ2) is 9.71. The largest absolute Gasteiger partial charge is 0.478 e. The first-order valence-electron chi connectivity index (χ1n) is 14.2. The highest BCUT2D eigenvalue weighted by Crippen LogP contribution is 2.41. The molecule has 2 N–H and O–H groups in total. The van der Waals surface area contributed by atoms with E-state index in [4.69, 9.17) is 0 Å². The number of aromatic nitrogens is 2. The van der Waals surface area contributed by atoms with E-state index in [2.05, 4.69) is 9.13 Å². The summed E-state index contributed by atoms with van der Waals surface area (Å²) >= 11 is 0. The van der Waals surface area contributed by atoms with E-state index in [1.165, 1.54) is 0 Å². The molecule has 0 unspecified atom stereocenters. The summed E-state index contributed by atoms with van der Waals surface area (Å²) in [6.45, 7) is 0. The molecule has 0 radical (unpaired) electrons. The summed E-state index contributed by atoms with van der Waals surface area (Å²) in [6.07, 6.45) is 0. The summed E-state index contributed by atoms with van der Waals surface area (Å²) in [7, 11) is 0. The van der Waals surface area contributed by atoms with Crippen LogP contribution in [0.3, 0.4) is 0 Å². The Morgan fingerprint density at radius 3 is 1.16 bits per heavy atom. The summed E-state index contributed by atoms with van der Waals surface area (Å²) in [4.78, 5) is 25.8. The Kier molecular flexibility index (Phi) is 5.64. The molecule has 0 aliphatic rings. The van der Waals surface area contributed by atoms with Crippen molar-refractivity contribution in [2.45, 2.75) is 0 Å². The fourth-order valence-corrected chi connectivity index (χ4v) is 6.54. The average Bonchev–Trinajstić information content (AvgIpc) is 3.56. The molecule has 0 spiro atoms. The third-order valence-electron chi connectivity index (χ3n) is 8.40. The first kappa shape index (κ1) is 25.6. The van der Waals surface area contributed by atoms with Gasteiger partial charge in [0.05, 0.1) is 33.2 Å². The van der Waals surface area contributed by atoms with E-state index in [0.717, 1.165) is 55.0 Å². The lowest BCUT2D eigenvalue weighted by Crippen LogP contribution is -2.06. The molecule has 6 nitrogen and oxygen atoms in total. The van der Waals surface area contributed by atoms with Crippen molar-refractivity contribution in [2.24, 2.45) is 0 Å². The summed E-state index contributed by atoms with van der Waals surface area (Å²) in [5, 5.41) is 24.6. The monoisotopic (exact) mass is 572 g/mol. The van der Waals surface area contributed by atoms with Gasteiger partial charge in [-0.1, -0.05) is 72.8 Å². The van der Waals surface area contributed by atoms with E-state index in [9.17, 15) is 19.8 Å². The topological polar surface area (TPSA) is 84.5 Å². The molecular weight excluding hydrogens is 548 g/mol. The number of carboxylic acid groups (broad SMARTS) is 2. The van der Waals surface area contributed by atoms with E-state index < -0.39 is 11.9 Å². The van der Waals surface area contributed by atoms with Crippen molar-refractivity contribution in [3.05, 3.63) is 145 Å². The molecule has 0 aliphatic heterocycles. The second-order valence-electron chi connectivity index (χ2n) is 10.8. The van der Waals surface area contributed by atoms with Gasteiger partial charge < -0.3 is 19.3 Å². The summed E-state index contributed by atoms with van der Waals surface area (Å²) < 4.78 is 4.10.